The molecule has 0 aliphatic rings. The summed E-state index contributed by atoms with van der Waals surface area (Å²) in [5, 5.41) is 0. The minimum Gasteiger partial charge on any atom is -0.298 e. The Morgan fingerprint density at radius 3 is 2.64 bits per heavy atom. The van der Waals surface area contributed by atoms with Crippen molar-refractivity contribution < 1.29 is 9.59 Å². The molecule has 0 bridgehead atoms. The highest BCUT2D eigenvalue weighted by Crippen LogP contribution is 2.07. The predicted molar refractivity (Wildman–Crippen MR) is 47.6 cm³/mol. The summed E-state index contributed by atoms with van der Waals surface area (Å²) < 4.78 is 0. The first-order chi connectivity index (χ1) is 5.26. The molecule has 0 saturated carbocycles. The van der Waals surface area contributed by atoms with Gasteiger partial charge in [0.25, 0.3) is 0 Å². The van der Waals surface area contributed by atoms with E-state index >= 15 is 0 Å². The van der Waals surface area contributed by atoms with Crippen molar-refractivity contribution in [3.8, 4) is 0 Å². The lowest BCUT2D eigenvalue weighted by molar-refractivity contribution is -0.118. The molecule has 1 atom stereocenters. The van der Waals surface area contributed by atoms with Crippen LogP contribution < -0.4 is 0 Å². The molecule has 3 heteroatoms. The molecule has 0 amide bonds. The first-order valence-corrected chi connectivity index (χ1v) is 4.40. The first kappa shape index (κ1) is 10.7. The molecule has 2 nitrogen and oxygen atoms in total. The Morgan fingerprint density at radius 1 is 1.64 bits per heavy atom. The quantitative estimate of drug-likeness (QED) is 0.486. The van der Waals surface area contributed by atoms with Crippen molar-refractivity contribution in [2.24, 2.45) is 5.92 Å². The maximum Gasteiger partial charge on any atom is 0.209 e. The molecule has 11 heavy (non-hydrogen) atoms. The molecule has 0 spiro atoms. The fourth-order valence-corrected chi connectivity index (χ4v) is 1.02. The fourth-order valence-electron chi connectivity index (χ4n) is 0.804. The summed E-state index contributed by atoms with van der Waals surface area (Å²) in [5.74, 6) is -0.506. The molecule has 0 heterocycles. The van der Waals surface area contributed by atoms with Crippen molar-refractivity contribution in [3.63, 3.8) is 0 Å². The summed E-state index contributed by atoms with van der Waals surface area (Å²) in [5.41, 5.74) is 0. The van der Waals surface area contributed by atoms with Crippen LogP contribution in [0.3, 0.4) is 0 Å². The van der Waals surface area contributed by atoms with Crippen LogP contribution in [-0.2, 0) is 9.59 Å². The summed E-state index contributed by atoms with van der Waals surface area (Å²) in [4.78, 5) is 21.1. The van der Waals surface area contributed by atoms with Crippen molar-refractivity contribution in [1.82, 2.24) is 0 Å². The summed E-state index contributed by atoms with van der Waals surface area (Å²) >= 11 is 3.80. The second kappa shape index (κ2) is 6.40. The monoisotopic (exact) mass is 173 g/mol. The lowest BCUT2D eigenvalue weighted by Gasteiger charge is -2.03. The Kier molecular flexibility index (Phi) is 6.22. The van der Waals surface area contributed by atoms with Crippen LogP contribution >= 0.6 is 12.6 Å². The second-order valence-electron chi connectivity index (χ2n) is 2.44. The summed E-state index contributed by atoms with van der Waals surface area (Å²) in [6.07, 6.45) is 4.26. The van der Waals surface area contributed by atoms with Crippen LogP contribution in [-0.4, -0.2) is 17.8 Å². The van der Waals surface area contributed by atoms with Gasteiger partial charge < -0.3 is 0 Å². The number of unbranched alkanes of at least 4 members (excludes halogenated alkanes) is 1. The van der Waals surface area contributed by atoms with Gasteiger partial charge in [-0.2, -0.15) is 12.6 Å². The van der Waals surface area contributed by atoms with Crippen molar-refractivity contribution in [2.75, 3.05) is 5.75 Å². The number of carbonyl (C=O) groups is 1. The van der Waals surface area contributed by atoms with Crippen molar-refractivity contribution in [1.29, 1.82) is 0 Å². The molecule has 0 N–H and O–H groups in total. The van der Waals surface area contributed by atoms with Gasteiger partial charge in [0.2, 0.25) is 6.29 Å². The highest BCUT2D eigenvalue weighted by Gasteiger charge is 2.15. The highest BCUT2D eigenvalue weighted by molar-refractivity contribution is 7.81. The van der Waals surface area contributed by atoms with Crippen LogP contribution in [0.15, 0.2) is 0 Å². The Morgan fingerprint density at radius 2 is 2.27 bits per heavy atom. The summed E-state index contributed by atoms with van der Waals surface area (Å²) in [7, 11) is 0. The van der Waals surface area contributed by atoms with Gasteiger partial charge in [0.15, 0.2) is 5.78 Å². The van der Waals surface area contributed by atoms with Gasteiger partial charge in [-0.25, -0.2) is 0 Å². The summed E-state index contributed by atoms with van der Waals surface area (Å²) in [6.45, 7) is 2.02. The van der Waals surface area contributed by atoms with E-state index in [1.807, 2.05) is 6.92 Å². The van der Waals surface area contributed by atoms with Gasteiger partial charge in [-0.3, -0.25) is 9.59 Å². The van der Waals surface area contributed by atoms with Gasteiger partial charge in [0, 0.05) is 5.75 Å². The highest BCUT2D eigenvalue weighted by atomic mass is 32.1. The number of hydrogen-bond acceptors (Lipinski definition) is 3. The number of Topliss-reactive ketones (excluding diaryl/α,β-unsaturated/α-hetero) is 1. The molecule has 0 fully saturated rings. The van der Waals surface area contributed by atoms with Crippen LogP contribution in [0.1, 0.15) is 26.2 Å². The summed E-state index contributed by atoms with van der Waals surface area (Å²) in [6, 6.07) is 0. The minimum absolute atomic E-state index is 0.114. The van der Waals surface area contributed by atoms with Gasteiger partial charge in [0.05, 0.1) is 5.92 Å². The molecule has 0 aliphatic carbocycles. The molecule has 1 radical (unpaired) electrons. The zero-order valence-electron chi connectivity index (χ0n) is 6.67. The third-order valence-corrected chi connectivity index (χ3v) is 1.84. The molecule has 0 aromatic rings. The zero-order chi connectivity index (χ0) is 8.69. The van der Waals surface area contributed by atoms with E-state index in [1.54, 1.807) is 6.29 Å². The number of hydrogen-bond donors (Lipinski definition) is 1. The van der Waals surface area contributed by atoms with Crippen molar-refractivity contribution in [2.45, 2.75) is 26.2 Å². The Hall–Kier alpha value is -0.310. The van der Waals surface area contributed by atoms with E-state index in [9.17, 15) is 9.59 Å². The minimum atomic E-state index is -0.535. The Balaban J connectivity index is 3.74. The molecule has 0 rings (SSSR count). The normalized spacial score (nSPS) is 12.5. The lowest BCUT2D eigenvalue weighted by Crippen LogP contribution is -2.16. The molecule has 1 unspecified atom stereocenters. The van der Waals surface area contributed by atoms with Gasteiger partial charge in [-0.05, 0) is 6.42 Å². The SMILES string of the molecule is CCCCC([C]=O)C(=O)CS. The number of ketones is 1. The van der Waals surface area contributed by atoms with Crippen LogP contribution in [0.5, 0.6) is 0 Å². The molecule has 63 valence electrons. The zero-order valence-corrected chi connectivity index (χ0v) is 7.56. The molecule has 0 aromatic heterocycles. The predicted octanol–water partition coefficient (Wildman–Crippen LogP) is 1.40. The van der Waals surface area contributed by atoms with Gasteiger partial charge in [-0.1, -0.05) is 19.8 Å². The molecular weight excluding hydrogens is 160 g/mol. The maximum atomic E-state index is 10.9. The largest absolute Gasteiger partial charge is 0.298 e. The van der Waals surface area contributed by atoms with E-state index in [0.717, 1.165) is 12.8 Å². The number of rotatable bonds is 6. The van der Waals surface area contributed by atoms with E-state index in [-0.39, 0.29) is 11.5 Å². The van der Waals surface area contributed by atoms with E-state index in [4.69, 9.17) is 0 Å². The number of thiol groups is 1. The Labute approximate surface area is 72.8 Å². The van der Waals surface area contributed by atoms with Gasteiger partial charge >= 0.3 is 0 Å². The standard InChI is InChI=1S/C8H13O2S/c1-2-3-4-7(5-9)8(10)6-11/h7,11H,2-4,6H2,1H3. The van der Waals surface area contributed by atoms with Crippen LogP contribution in [0.2, 0.25) is 0 Å². The fraction of sp³-hybridized carbons (Fsp3) is 0.750. The Bertz CT molecular complexity index is 134. The second-order valence-corrected chi connectivity index (χ2v) is 2.75. The van der Waals surface area contributed by atoms with E-state index in [1.165, 1.54) is 0 Å². The van der Waals surface area contributed by atoms with E-state index in [2.05, 4.69) is 12.6 Å². The smallest absolute Gasteiger partial charge is 0.209 e. The molecule has 0 aliphatic heterocycles. The van der Waals surface area contributed by atoms with Crippen LogP contribution in [0.25, 0.3) is 0 Å². The maximum absolute atomic E-state index is 10.9. The molecular formula is C8H13O2S. The van der Waals surface area contributed by atoms with Crippen molar-refractivity contribution in [3.05, 3.63) is 0 Å². The first-order valence-electron chi connectivity index (χ1n) is 3.77. The van der Waals surface area contributed by atoms with Crippen LogP contribution in [0.4, 0.5) is 0 Å². The van der Waals surface area contributed by atoms with Gasteiger partial charge in [0.1, 0.15) is 0 Å². The van der Waals surface area contributed by atoms with E-state index in [0.29, 0.717) is 6.42 Å². The topological polar surface area (TPSA) is 34.1 Å². The third kappa shape index (κ3) is 4.19. The van der Waals surface area contributed by atoms with Crippen molar-refractivity contribution >= 4 is 24.7 Å². The van der Waals surface area contributed by atoms with E-state index < -0.39 is 5.92 Å². The third-order valence-electron chi connectivity index (χ3n) is 1.53. The average molecular weight is 173 g/mol. The van der Waals surface area contributed by atoms with Gasteiger partial charge in [-0.15, -0.1) is 0 Å². The molecule has 0 aromatic carbocycles. The molecule has 0 saturated heterocycles. The average Bonchev–Trinajstić information content (AvgIpc) is 2.05. The lowest BCUT2D eigenvalue weighted by atomic mass is 10.0. The number of carbonyl (C=O) groups excluding carboxylic acids is 2. The van der Waals surface area contributed by atoms with Crippen LogP contribution in [0, 0.1) is 5.92 Å².